The first-order chi connectivity index (χ1) is 16.3. The van der Waals surface area contributed by atoms with Crippen LogP contribution in [-0.4, -0.2) is 53.2 Å². The van der Waals surface area contributed by atoms with Gasteiger partial charge in [-0.3, -0.25) is 9.80 Å². The van der Waals surface area contributed by atoms with Crippen molar-refractivity contribution in [1.82, 2.24) is 19.9 Å². The standard InChI is InChI=1S/C27H28N4O2/c1-32-24-15-9-8-14-23(24)27-28-25(33-29-27)20-30-16-18-31(19-17-30)26(21-10-4-2-5-11-21)22-12-6-3-7-13-22/h2-15,26H,16-20H2,1H3. The summed E-state index contributed by atoms with van der Waals surface area (Å²) in [5.41, 5.74) is 3.50. The van der Waals surface area contributed by atoms with Gasteiger partial charge in [-0.15, -0.1) is 0 Å². The van der Waals surface area contributed by atoms with Crippen molar-refractivity contribution in [3.05, 3.63) is 102 Å². The van der Waals surface area contributed by atoms with E-state index in [1.54, 1.807) is 7.11 Å². The summed E-state index contributed by atoms with van der Waals surface area (Å²) in [6.45, 7) is 4.49. The Balaban J connectivity index is 1.26. The molecule has 0 aliphatic carbocycles. The van der Waals surface area contributed by atoms with Crippen LogP contribution >= 0.6 is 0 Å². The summed E-state index contributed by atoms with van der Waals surface area (Å²) < 4.78 is 11.0. The maximum atomic E-state index is 5.56. The lowest BCUT2D eigenvalue weighted by Gasteiger charge is -2.39. The summed E-state index contributed by atoms with van der Waals surface area (Å²) >= 11 is 0. The molecule has 168 valence electrons. The third kappa shape index (κ3) is 4.82. The molecule has 0 saturated carbocycles. The average Bonchev–Trinajstić information content (AvgIpc) is 3.35. The highest BCUT2D eigenvalue weighted by atomic mass is 16.5. The molecular weight excluding hydrogens is 412 g/mol. The first-order valence-corrected chi connectivity index (χ1v) is 11.3. The highest BCUT2D eigenvalue weighted by Crippen LogP contribution is 2.30. The van der Waals surface area contributed by atoms with Crippen LogP contribution in [0.15, 0.2) is 89.5 Å². The van der Waals surface area contributed by atoms with Gasteiger partial charge < -0.3 is 9.26 Å². The van der Waals surface area contributed by atoms with Crippen molar-refractivity contribution in [2.45, 2.75) is 12.6 Å². The molecule has 1 aliphatic heterocycles. The number of ether oxygens (including phenoxy) is 1. The van der Waals surface area contributed by atoms with Gasteiger partial charge in [0, 0.05) is 26.2 Å². The lowest BCUT2D eigenvalue weighted by molar-refractivity contribution is 0.0966. The Bertz CT molecular complexity index is 1120. The molecule has 2 heterocycles. The lowest BCUT2D eigenvalue weighted by atomic mass is 9.96. The van der Waals surface area contributed by atoms with Crippen LogP contribution in [0.3, 0.4) is 0 Å². The molecule has 0 spiro atoms. The molecule has 4 aromatic rings. The van der Waals surface area contributed by atoms with Gasteiger partial charge in [0.15, 0.2) is 0 Å². The van der Waals surface area contributed by atoms with Crippen LogP contribution in [0.1, 0.15) is 23.1 Å². The van der Waals surface area contributed by atoms with Crippen molar-refractivity contribution in [2.75, 3.05) is 33.3 Å². The Morgan fingerprint density at radius 1 is 0.818 bits per heavy atom. The summed E-state index contributed by atoms with van der Waals surface area (Å²) in [6, 6.07) is 29.5. The fourth-order valence-electron chi connectivity index (χ4n) is 4.51. The first kappa shape index (κ1) is 21.4. The minimum Gasteiger partial charge on any atom is -0.496 e. The molecule has 3 aromatic carbocycles. The maximum Gasteiger partial charge on any atom is 0.241 e. The molecule has 1 aromatic heterocycles. The van der Waals surface area contributed by atoms with Crippen LogP contribution in [0.4, 0.5) is 0 Å². The highest BCUT2D eigenvalue weighted by Gasteiger charge is 2.27. The quantitative estimate of drug-likeness (QED) is 0.417. The number of methoxy groups -OCH3 is 1. The predicted octanol–water partition coefficient (Wildman–Crippen LogP) is 4.65. The molecule has 6 heteroatoms. The van der Waals surface area contributed by atoms with E-state index in [2.05, 4.69) is 80.6 Å². The Labute approximate surface area is 194 Å². The number of piperazine rings is 1. The third-order valence-electron chi connectivity index (χ3n) is 6.18. The average molecular weight is 441 g/mol. The van der Waals surface area contributed by atoms with Crippen LogP contribution in [0.5, 0.6) is 5.75 Å². The van der Waals surface area contributed by atoms with Gasteiger partial charge in [-0.2, -0.15) is 4.98 Å². The molecule has 0 N–H and O–H groups in total. The molecular formula is C27H28N4O2. The molecule has 5 rings (SSSR count). The number of aromatic nitrogens is 2. The monoisotopic (exact) mass is 440 g/mol. The largest absolute Gasteiger partial charge is 0.496 e. The van der Waals surface area contributed by atoms with Crippen LogP contribution < -0.4 is 4.74 Å². The SMILES string of the molecule is COc1ccccc1-c1noc(CN2CCN(C(c3ccccc3)c3ccccc3)CC2)n1. The summed E-state index contributed by atoms with van der Waals surface area (Å²) in [5, 5.41) is 4.18. The van der Waals surface area contributed by atoms with Crippen molar-refractivity contribution in [1.29, 1.82) is 0 Å². The molecule has 1 fully saturated rings. The van der Waals surface area contributed by atoms with E-state index < -0.39 is 0 Å². The van der Waals surface area contributed by atoms with E-state index in [-0.39, 0.29) is 6.04 Å². The van der Waals surface area contributed by atoms with Crippen LogP contribution in [0.25, 0.3) is 11.4 Å². The van der Waals surface area contributed by atoms with E-state index >= 15 is 0 Å². The van der Waals surface area contributed by atoms with Crippen LogP contribution in [0.2, 0.25) is 0 Å². The van der Waals surface area contributed by atoms with Gasteiger partial charge in [0.05, 0.1) is 25.3 Å². The van der Waals surface area contributed by atoms with E-state index in [0.717, 1.165) is 37.5 Å². The number of hydrogen-bond acceptors (Lipinski definition) is 6. The smallest absolute Gasteiger partial charge is 0.241 e. The number of nitrogens with zero attached hydrogens (tertiary/aromatic N) is 4. The van der Waals surface area contributed by atoms with Crippen molar-refractivity contribution < 1.29 is 9.26 Å². The van der Waals surface area contributed by atoms with Gasteiger partial charge in [0.1, 0.15) is 5.75 Å². The Morgan fingerprint density at radius 3 is 2.06 bits per heavy atom. The van der Waals surface area contributed by atoms with Gasteiger partial charge >= 0.3 is 0 Å². The maximum absolute atomic E-state index is 5.56. The van der Waals surface area contributed by atoms with E-state index in [1.165, 1.54) is 11.1 Å². The predicted molar refractivity (Wildman–Crippen MR) is 128 cm³/mol. The van der Waals surface area contributed by atoms with E-state index in [4.69, 9.17) is 9.26 Å². The lowest BCUT2D eigenvalue weighted by Crippen LogP contribution is -2.47. The second-order valence-electron chi connectivity index (χ2n) is 8.25. The molecule has 0 unspecified atom stereocenters. The Morgan fingerprint density at radius 2 is 1.42 bits per heavy atom. The fraction of sp³-hybridized carbons (Fsp3) is 0.259. The van der Waals surface area contributed by atoms with Gasteiger partial charge in [0.25, 0.3) is 0 Å². The van der Waals surface area contributed by atoms with Crippen molar-refractivity contribution in [3.8, 4) is 17.1 Å². The minimum absolute atomic E-state index is 0.259. The second-order valence-corrected chi connectivity index (χ2v) is 8.25. The Kier molecular flexibility index (Phi) is 6.46. The molecule has 6 nitrogen and oxygen atoms in total. The number of para-hydroxylation sites is 1. The number of rotatable bonds is 7. The van der Waals surface area contributed by atoms with Crippen molar-refractivity contribution in [3.63, 3.8) is 0 Å². The van der Waals surface area contributed by atoms with Gasteiger partial charge in [-0.05, 0) is 23.3 Å². The molecule has 33 heavy (non-hydrogen) atoms. The van der Waals surface area contributed by atoms with E-state index in [1.807, 2.05) is 24.3 Å². The summed E-state index contributed by atoms with van der Waals surface area (Å²) in [5.74, 6) is 1.94. The highest BCUT2D eigenvalue weighted by molar-refractivity contribution is 5.63. The topological polar surface area (TPSA) is 54.6 Å². The zero-order chi connectivity index (χ0) is 22.5. The van der Waals surface area contributed by atoms with E-state index in [9.17, 15) is 0 Å². The van der Waals surface area contributed by atoms with Crippen molar-refractivity contribution in [2.24, 2.45) is 0 Å². The molecule has 0 bridgehead atoms. The zero-order valence-electron chi connectivity index (χ0n) is 18.8. The van der Waals surface area contributed by atoms with Gasteiger partial charge in [-0.25, -0.2) is 0 Å². The molecule has 0 amide bonds. The van der Waals surface area contributed by atoms with Crippen LogP contribution in [0, 0.1) is 0 Å². The normalized spacial score (nSPS) is 15.1. The van der Waals surface area contributed by atoms with Gasteiger partial charge in [0.2, 0.25) is 11.7 Å². The Hall–Kier alpha value is -3.48. The van der Waals surface area contributed by atoms with Crippen molar-refractivity contribution >= 4 is 0 Å². The second kappa shape index (κ2) is 9.98. The number of hydrogen-bond donors (Lipinski definition) is 0. The number of benzene rings is 3. The fourth-order valence-corrected chi connectivity index (χ4v) is 4.51. The molecule has 0 atom stereocenters. The minimum atomic E-state index is 0.259. The summed E-state index contributed by atoms with van der Waals surface area (Å²) in [4.78, 5) is 9.56. The molecule has 0 radical (unpaired) electrons. The van der Waals surface area contributed by atoms with Gasteiger partial charge in [-0.1, -0.05) is 78.0 Å². The van der Waals surface area contributed by atoms with Crippen LogP contribution in [-0.2, 0) is 6.54 Å². The zero-order valence-corrected chi connectivity index (χ0v) is 18.8. The summed E-state index contributed by atoms with van der Waals surface area (Å²) in [6.07, 6.45) is 0. The third-order valence-corrected chi connectivity index (χ3v) is 6.18. The first-order valence-electron chi connectivity index (χ1n) is 11.3. The summed E-state index contributed by atoms with van der Waals surface area (Å²) in [7, 11) is 1.65. The molecule has 1 saturated heterocycles. The van der Waals surface area contributed by atoms with E-state index in [0.29, 0.717) is 18.3 Å². The molecule has 1 aliphatic rings.